The van der Waals surface area contributed by atoms with Gasteiger partial charge in [0.2, 0.25) is 0 Å². The molecule has 1 nitrogen and oxygen atoms in total. The second-order valence-corrected chi connectivity index (χ2v) is 4.67. The number of benzene rings is 2. The van der Waals surface area contributed by atoms with Crippen LogP contribution in [0.15, 0.2) is 42.5 Å². The van der Waals surface area contributed by atoms with Crippen molar-refractivity contribution < 1.29 is 4.79 Å². The molecule has 2 atom stereocenters. The summed E-state index contributed by atoms with van der Waals surface area (Å²) in [7, 11) is 0. The molecule has 0 bridgehead atoms. The van der Waals surface area contributed by atoms with E-state index in [1.54, 1.807) is 0 Å². The Labute approximate surface area is 95.1 Å². The van der Waals surface area contributed by atoms with Crippen molar-refractivity contribution >= 4 is 16.6 Å². The molecule has 1 aliphatic carbocycles. The summed E-state index contributed by atoms with van der Waals surface area (Å²) in [5, 5.41) is 2.54. The van der Waals surface area contributed by atoms with E-state index in [4.69, 9.17) is 0 Å². The van der Waals surface area contributed by atoms with Crippen LogP contribution in [0, 0.1) is 5.92 Å². The molecule has 80 valence electrons. The first-order valence-electron chi connectivity index (χ1n) is 5.77. The fourth-order valence-corrected chi connectivity index (χ4v) is 2.49. The minimum atomic E-state index is 0.209. The average Bonchev–Trinajstić information content (AvgIpc) is 2.35. The molecule has 0 amide bonds. The molecule has 0 heterocycles. The van der Waals surface area contributed by atoms with Crippen LogP contribution in [-0.4, -0.2) is 5.78 Å². The van der Waals surface area contributed by atoms with Crippen molar-refractivity contribution in [1.82, 2.24) is 0 Å². The zero-order valence-electron chi connectivity index (χ0n) is 9.31. The highest BCUT2D eigenvalue weighted by Gasteiger charge is 2.36. The van der Waals surface area contributed by atoms with Crippen LogP contribution >= 0.6 is 0 Å². The molecule has 2 aromatic rings. The molecule has 1 aliphatic rings. The minimum absolute atomic E-state index is 0.209. The summed E-state index contributed by atoms with van der Waals surface area (Å²) in [5.41, 5.74) is 1.31. The molecular formula is C15H14O. The summed E-state index contributed by atoms with van der Waals surface area (Å²) in [6, 6.07) is 14.9. The van der Waals surface area contributed by atoms with E-state index in [9.17, 15) is 4.79 Å². The molecule has 1 fully saturated rings. The summed E-state index contributed by atoms with van der Waals surface area (Å²) in [6.07, 6.45) is 0.722. The topological polar surface area (TPSA) is 17.1 Å². The van der Waals surface area contributed by atoms with Crippen LogP contribution in [-0.2, 0) is 4.79 Å². The summed E-state index contributed by atoms with van der Waals surface area (Å²) in [6.45, 7) is 2.03. The van der Waals surface area contributed by atoms with Gasteiger partial charge in [-0.15, -0.1) is 0 Å². The average molecular weight is 210 g/mol. The predicted octanol–water partition coefficient (Wildman–Crippen LogP) is 3.53. The quantitative estimate of drug-likeness (QED) is 0.703. The fraction of sp³-hybridized carbons (Fsp3) is 0.267. The SMILES string of the molecule is CC1C(=O)CC1c1ccc2ccccc2c1. The lowest BCUT2D eigenvalue weighted by atomic mass is 9.70. The summed E-state index contributed by atoms with van der Waals surface area (Å²) in [5.74, 6) is 1.05. The van der Waals surface area contributed by atoms with Gasteiger partial charge in [0.1, 0.15) is 5.78 Å². The third kappa shape index (κ3) is 1.35. The van der Waals surface area contributed by atoms with E-state index < -0.39 is 0 Å². The number of Topliss-reactive ketones (excluding diaryl/α,β-unsaturated/α-hetero) is 1. The molecule has 0 saturated heterocycles. The molecule has 0 spiro atoms. The van der Waals surface area contributed by atoms with E-state index >= 15 is 0 Å². The molecule has 0 aromatic heterocycles. The van der Waals surface area contributed by atoms with E-state index in [2.05, 4.69) is 42.5 Å². The van der Waals surface area contributed by atoms with Gasteiger partial charge in [0.25, 0.3) is 0 Å². The third-order valence-corrected chi connectivity index (χ3v) is 3.73. The van der Waals surface area contributed by atoms with E-state index in [1.165, 1.54) is 16.3 Å². The number of carbonyl (C=O) groups is 1. The van der Waals surface area contributed by atoms with Gasteiger partial charge in [-0.3, -0.25) is 4.79 Å². The largest absolute Gasteiger partial charge is 0.299 e. The van der Waals surface area contributed by atoms with Gasteiger partial charge < -0.3 is 0 Å². The molecule has 0 radical (unpaired) electrons. The van der Waals surface area contributed by atoms with Crippen LogP contribution < -0.4 is 0 Å². The van der Waals surface area contributed by atoms with Gasteiger partial charge in [0.05, 0.1) is 0 Å². The van der Waals surface area contributed by atoms with E-state index in [-0.39, 0.29) is 5.92 Å². The first kappa shape index (κ1) is 9.59. The maximum absolute atomic E-state index is 11.3. The lowest BCUT2D eigenvalue weighted by Crippen LogP contribution is -2.32. The normalized spacial score (nSPS) is 24.4. The molecule has 0 N–H and O–H groups in total. The third-order valence-electron chi connectivity index (χ3n) is 3.73. The van der Waals surface area contributed by atoms with E-state index in [1.807, 2.05) is 6.92 Å². The molecule has 3 rings (SSSR count). The summed E-state index contributed by atoms with van der Waals surface area (Å²) < 4.78 is 0. The van der Waals surface area contributed by atoms with E-state index in [0.717, 1.165) is 6.42 Å². The van der Waals surface area contributed by atoms with Crippen molar-refractivity contribution in [2.75, 3.05) is 0 Å². The number of ketones is 1. The number of hydrogen-bond donors (Lipinski definition) is 0. The van der Waals surface area contributed by atoms with Crippen LogP contribution in [0.1, 0.15) is 24.8 Å². The molecule has 1 saturated carbocycles. The summed E-state index contributed by atoms with van der Waals surface area (Å²) >= 11 is 0. The first-order chi connectivity index (χ1) is 7.75. The Morgan fingerprint density at radius 1 is 1.06 bits per heavy atom. The summed E-state index contributed by atoms with van der Waals surface area (Å²) in [4.78, 5) is 11.3. The van der Waals surface area contributed by atoms with Gasteiger partial charge in [-0.2, -0.15) is 0 Å². The Bertz CT molecular complexity index is 556. The number of hydrogen-bond acceptors (Lipinski definition) is 1. The first-order valence-corrected chi connectivity index (χ1v) is 5.77. The lowest BCUT2D eigenvalue weighted by Gasteiger charge is -2.32. The number of carbonyl (C=O) groups excluding carboxylic acids is 1. The zero-order chi connectivity index (χ0) is 11.1. The van der Waals surface area contributed by atoms with Crippen molar-refractivity contribution in [3.05, 3.63) is 48.0 Å². The molecule has 0 aliphatic heterocycles. The number of fused-ring (bicyclic) bond motifs is 1. The van der Waals surface area contributed by atoms with Crippen LogP contribution in [0.2, 0.25) is 0 Å². The number of rotatable bonds is 1. The second-order valence-electron chi connectivity index (χ2n) is 4.67. The fourth-order valence-electron chi connectivity index (χ4n) is 2.49. The van der Waals surface area contributed by atoms with Crippen LogP contribution in [0.4, 0.5) is 0 Å². The molecule has 1 heteroatoms. The maximum Gasteiger partial charge on any atom is 0.136 e. The Hall–Kier alpha value is -1.63. The smallest absolute Gasteiger partial charge is 0.136 e. The van der Waals surface area contributed by atoms with Crippen molar-refractivity contribution in [3.8, 4) is 0 Å². The molecular weight excluding hydrogens is 196 g/mol. The van der Waals surface area contributed by atoms with Gasteiger partial charge in [-0.05, 0) is 16.3 Å². The Morgan fingerprint density at radius 3 is 2.50 bits per heavy atom. The highest BCUT2D eigenvalue weighted by molar-refractivity contribution is 5.90. The van der Waals surface area contributed by atoms with Crippen LogP contribution in [0.5, 0.6) is 0 Å². The van der Waals surface area contributed by atoms with Gasteiger partial charge in [-0.1, -0.05) is 49.4 Å². The molecule has 2 aromatic carbocycles. The minimum Gasteiger partial charge on any atom is -0.299 e. The second kappa shape index (κ2) is 3.44. The van der Waals surface area contributed by atoms with E-state index in [0.29, 0.717) is 11.7 Å². The predicted molar refractivity (Wildman–Crippen MR) is 65.5 cm³/mol. The van der Waals surface area contributed by atoms with Crippen LogP contribution in [0.3, 0.4) is 0 Å². The van der Waals surface area contributed by atoms with Crippen molar-refractivity contribution in [1.29, 1.82) is 0 Å². The standard InChI is InChI=1S/C15H14O/c1-10-14(9-15(10)16)13-7-6-11-4-2-3-5-12(11)8-13/h2-8,10,14H,9H2,1H3. The van der Waals surface area contributed by atoms with Gasteiger partial charge in [-0.25, -0.2) is 0 Å². The highest BCUT2D eigenvalue weighted by atomic mass is 16.1. The van der Waals surface area contributed by atoms with Crippen molar-refractivity contribution in [2.24, 2.45) is 5.92 Å². The van der Waals surface area contributed by atoms with Crippen LogP contribution in [0.25, 0.3) is 10.8 Å². The van der Waals surface area contributed by atoms with Gasteiger partial charge >= 0.3 is 0 Å². The van der Waals surface area contributed by atoms with Crippen molar-refractivity contribution in [2.45, 2.75) is 19.3 Å². The molecule has 16 heavy (non-hydrogen) atoms. The highest BCUT2D eigenvalue weighted by Crippen LogP contribution is 2.39. The van der Waals surface area contributed by atoms with Gasteiger partial charge in [0, 0.05) is 18.3 Å². The molecule has 2 unspecified atom stereocenters. The monoisotopic (exact) mass is 210 g/mol. The lowest BCUT2D eigenvalue weighted by molar-refractivity contribution is -0.130. The Morgan fingerprint density at radius 2 is 1.81 bits per heavy atom. The zero-order valence-corrected chi connectivity index (χ0v) is 9.31. The van der Waals surface area contributed by atoms with Crippen molar-refractivity contribution in [3.63, 3.8) is 0 Å². The Balaban J connectivity index is 2.03. The van der Waals surface area contributed by atoms with Gasteiger partial charge in [0.15, 0.2) is 0 Å². The Kier molecular flexibility index (Phi) is 2.06. The maximum atomic E-state index is 11.3.